The highest BCUT2D eigenvalue weighted by atomic mass is 35.5. The van der Waals surface area contributed by atoms with Crippen LogP contribution >= 0.6 is 11.6 Å². The van der Waals surface area contributed by atoms with Crippen LogP contribution in [0.15, 0.2) is 82.9 Å². The summed E-state index contributed by atoms with van der Waals surface area (Å²) in [6, 6.07) is 18.7. The van der Waals surface area contributed by atoms with E-state index in [4.69, 9.17) is 11.6 Å². The van der Waals surface area contributed by atoms with Crippen LogP contribution in [0.25, 0.3) is 0 Å². The smallest absolute Gasteiger partial charge is 0.0568 e. The van der Waals surface area contributed by atoms with Gasteiger partial charge in [-0.3, -0.25) is 0 Å². The Morgan fingerprint density at radius 3 is 2.05 bits per heavy atom. The van der Waals surface area contributed by atoms with Crippen molar-refractivity contribution < 1.29 is 0 Å². The molecule has 3 heteroatoms. The fourth-order valence-electron chi connectivity index (χ4n) is 7.26. The number of para-hydroxylation sites is 2. The molecule has 0 aromatic heterocycles. The van der Waals surface area contributed by atoms with E-state index >= 15 is 0 Å². The Kier molecular flexibility index (Phi) is 7.57. The van der Waals surface area contributed by atoms with Crippen LogP contribution in [0.5, 0.6) is 0 Å². The average molecular weight is 529 g/mol. The second-order valence-electron chi connectivity index (χ2n) is 12.5. The van der Waals surface area contributed by atoms with Crippen LogP contribution in [0, 0.1) is 0 Å². The Labute approximate surface area is 236 Å². The molecular formula is C35H45ClN2. The monoisotopic (exact) mass is 528 g/mol. The number of benzene rings is 2. The number of hydrogen-bond acceptors (Lipinski definition) is 2. The Balaban J connectivity index is 1.37. The Hall–Kier alpha value is -2.45. The molecule has 38 heavy (non-hydrogen) atoms. The summed E-state index contributed by atoms with van der Waals surface area (Å²) < 4.78 is 0. The molecule has 0 saturated heterocycles. The van der Waals surface area contributed by atoms with Crippen LogP contribution < -0.4 is 9.80 Å². The van der Waals surface area contributed by atoms with Gasteiger partial charge in [0.25, 0.3) is 0 Å². The second kappa shape index (κ2) is 10.6. The van der Waals surface area contributed by atoms with Crippen LogP contribution in [-0.2, 0) is 10.8 Å². The molecule has 5 rings (SSSR count). The Morgan fingerprint density at radius 1 is 0.816 bits per heavy atom. The van der Waals surface area contributed by atoms with E-state index in [-0.39, 0.29) is 10.8 Å². The molecule has 0 N–H and O–H groups in total. The molecular weight excluding hydrogens is 484 g/mol. The lowest BCUT2D eigenvalue weighted by Gasteiger charge is -2.34. The zero-order valence-electron chi connectivity index (χ0n) is 24.2. The van der Waals surface area contributed by atoms with Crippen molar-refractivity contribution in [3.8, 4) is 0 Å². The molecule has 2 aromatic rings. The Morgan fingerprint density at radius 2 is 1.39 bits per heavy atom. The molecule has 0 spiro atoms. The van der Waals surface area contributed by atoms with Crippen LogP contribution in [-0.4, -0.2) is 25.2 Å². The molecule has 0 fully saturated rings. The highest BCUT2D eigenvalue weighted by Crippen LogP contribution is 2.48. The lowest BCUT2D eigenvalue weighted by molar-refractivity contribution is 0.416. The summed E-state index contributed by atoms with van der Waals surface area (Å²) in [5, 5.41) is 0.979. The number of halogens is 1. The summed E-state index contributed by atoms with van der Waals surface area (Å²) in [5.41, 5.74) is 8.53. The lowest BCUT2D eigenvalue weighted by Crippen LogP contribution is -2.41. The van der Waals surface area contributed by atoms with Crippen molar-refractivity contribution in [3.05, 3.63) is 94.1 Å². The van der Waals surface area contributed by atoms with Crippen molar-refractivity contribution >= 4 is 23.0 Å². The Bertz CT molecular complexity index is 1260. The highest BCUT2D eigenvalue weighted by Gasteiger charge is 2.44. The van der Waals surface area contributed by atoms with E-state index in [9.17, 15) is 0 Å². The molecule has 2 atom stereocenters. The van der Waals surface area contributed by atoms with Gasteiger partial charge in [-0.1, -0.05) is 108 Å². The van der Waals surface area contributed by atoms with Gasteiger partial charge >= 0.3 is 0 Å². The van der Waals surface area contributed by atoms with Gasteiger partial charge in [0.2, 0.25) is 0 Å². The van der Waals surface area contributed by atoms with E-state index in [1.165, 1.54) is 33.6 Å². The first-order valence-corrected chi connectivity index (χ1v) is 15.1. The van der Waals surface area contributed by atoms with Crippen molar-refractivity contribution in [3.63, 3.8) is 0 Å². The van der Waals surface area contributed by atoms with Crippen molar-refractivity contribution in [1.29, 1.82) is 0 Å². The molecule has 3 aliphatic rings. The fraction of sp³-hybridized carbons (Fsp3) is 0.486. The fourth-order valence-corrected chi connectivity index (χ4v) is 7.59. The maximum atomic E-state index is 7.06. The van der Waals surface area contributed by atoms with Gasteiger partial charge in [0, 0.05) is 46.4 Å². The van der Waals surface area contributed by atoms with Crippen molar-refractivity contribution in [2.45, 2.75) is 96.6 Å². The predicted octanol–water partition coefficient (Wildman–Crippen LogP) is 9.30. The second-order valence-corrected chi connectivity index (χ2v) is 12.9. The number of hydrogen-bond donors (Lipinski definition) is 0. The van der Waals surface area contributed by atoms with Gasteiger partial charge in [-0.15, -0.1) is 0 Å². The molecule has 0 amide bonds. The van der Waals surface area contributed by atoms with Gasteiger partial charge < -0.3 is 9.80 Å². The maximum absolute atomic E-state index is 7.06. The standard InChI is InChI=1S/C35H45ClN2/c1-7-23-37-29-15-11-9-13-27(29)34(3,4)31(37)21-19-25-17-18-26(33(25)36)20-22-32-35(5,6)28-14-10-12-16-30(28)38(32)24-8-2/h9-16,19-21,31-32H,7-8,17-18,22-24H2,1-6H3/b21-19+,26-20+. The summed E-state index contributed by atoms with van der Waals surface area (Å²) in [6.07, 6.45) is 12.6. The molecule has 2 aliphatic heterocycles. The predicted molar refractivity (Wildman–Crippen MR) is 166 cm³/mol. The van der Waals surface area contributed by atoms with E-state index in [2.05, 4.69) is 118 Å². The summed E-state index contributed by atoms with van der Waals surface area (Å²) >= 11 is 7.06. The molecule has 0 bridgehead atoms. The van der Waals surface area contributed by atoms with Crippen molar-refractivity contribution in [2.75, 3.05) is 22.9 Å². The summed E-state index contributed by atoms with van der Waals surface area (Å²) in [4.78, 5) is 5.23. The minimum Gasteiger partial charge on any atom is -0.367 e. The summed E-state index contributed by atoms with van der Waals surface area (Å²) in [7, 11) is 0. The molecule has 2 nitrogen and oxygen atoms in total. The third-order valence-corrected chi connectivity index (χ3v) is 9.81. The normalized spacial score (nSPS) is 24.7. The van der Waals surface area contributed by atoms with Crippen LogP contribution in [0.3, 0.4) is 0 Å². The first-order valence-electron chi connectivity index (χ1n) is 14.7. The van der Waals surface area contributed by atoms with Crippen LogP contribution in [0.1, 0.15) is 84.8 Å². The quantitative estimate of drug-likeness (QED) is 0.336. The molecule has 2 aromatic carbocycles. The minimum atomic E-state index is 0.0678. The van der Waals surface area contributed by atoms with E-state index in [0.29, 0.717) is 12.1 Å². The zero-order valence-corrected chi connectivity index (χ0v) is 25.0. The lowest BCUT2D eigenvalue weighted by atomic mass is 9.79. The maximum Gasteiger partial charge on any atom is 0.0568 e. The number of fused-ring (bicyclic) bond motifs is 2. The van der Waals surface area contributed by atoms with Gasteiger partial charge in [0.1, 0.15) is 0 Å². The van der Waals surface area contributed by atoms with Gasteiger partial charge in [0.15, 0.2) is 0 Å². The summed E-state index contributed by atoms with van der Waals surface area (Å²) in [5.74, 6) is 0. The number of nitrogens with zero attached hydrogens (tertiary/aromatic N) is 2. The largest absolute Gasteiger partial charge is 0.367 e. The van der Waals surface area contributed by atoms with Crippen LogP contribution in [0.4, 0.5) is 11.4 Å². The molecule has 2 unspecified atom stereocenters. The summed E-state index contributed by atoms with van der Waals surface area (Å²) in [6.45, 7) is 16.3. The zero-order chi connectivity index (χ0) is 27.1. The first-order chi connectivity index (χ1) is 18.2. The topological polar surface area (TPSA) is 6.48 Å². The van der Waals surface area contributed by atoms with Gasteiger partial charge in [-0.2, -0.15) is 0 Å². The first kappa shape index (κ1) is 27.1. The van der Waals surface area contributed by atoms with Crippen molar-refractivity contribution in [1.82, 2.24) is 0 Å². The minimum absolute atomic E-state index is 0.0678. The number of anilines is 2. The number of rotatable bonds is 8. The average Bonchev–Trinajstić information content (AvgIpc) is 3.43. The van der Waals surface area contributed by atoms with E-state index in [1.807, 2.05) is 0 Å². The van der Waals surface area contributed by atoms with E-state index in [0.717, 1.165) is 50.2 Å². The third-order valence-electron chi connectivity index (χ3n) is 9.32. The molecule has 2 heterocycles. The third kappa shape index (κ3) is 4.53. The SMILES string of the molecule is CCCN1c2ccccc2C(C)(C)C1/C=C/C1=C(Cl)C(=C/CC2N(CCC)c3ccccc3C2(C)C)/CC1. The van der Waals surface area contributed by atoms with E-state index < -0.39 is 0 Å². The van der Waals surface area contributed by atoms with Crippen LogP contribution in [0.2, 0.25) is 0 Å². The van der Waals surface area contributed by atoms with E-state index in [1.54, 1.807) is 0 Å². The highest BCUT2D eigenvalue weighted by molar-refractivity contribution is 6.32. The molecule has 1 aliphatic carbocycles. The van der Waals surface area contributed by atoms with Crippen molar-refractivity contribution in [2.24, 2.45) is 0 Å². The molecule has 0 saturated carbocycles. The van der Waals surface area contributed by atoms with Gasteiger partial charge in [0.05, 0.1) is 6.04 Å². The van der Waals surface area contributed by atoms with Gasteiger partial charge in [-0.05, 0) is 66.5 Å². The number of allylic oxidation sites excluding steroid dienone is 4. The van der Waals surface area contributed by atoms with Gasteiger partial charge in [-0.25, -0.2) is 0 Å². The molecule has 202 valence electrons. The molecule has 0 radical (unpaired) electrons.